The number of methoxy groups -OCH3 is 2. The van der Waals surface area contributed by atoms with Gasteiger partial charge in [-0.2, -0.15) is 0 Å². The van der Waals surface area contributed by atoms with Gasteiger partial charge in [0.05, 0.1) is 20.3 Å². The molecule has 0 saturated carbocycles. The van der Waals surface area contributed by atoms with Crippen LogP contribution in [0.1, 0.15) is 35.2 Å². The van der Waals surface area contributed by atoms with E-state index in [1.165, 1.54) is 5.56 Å². The quantitative estimate of drug-likeness (QED) is 0.817. The summed E-state index contributed by atoms with van der Waals surface area (Å²) in [5, 5.41) is 2.96. The molecule has 1 amide bonds. The van der Waals surface area contributed by atoms with Crippen molar-refractivity contribution in [2.24, 2.45) is 0 Å². The van der Waals surface area contributed by atoms with Crippen LogP contribution in [0.4, 0.5) is 0 Å². The smallest absolute Gasteiger partial charge is 0.258 e. The predicted octanol–water partition coefficient (Wildman–Crippen LogP) is 3.89. The molecule has 0 spiro atoms. The lowest BCUT2D eigenvalue weighted by molar-refractivity contribution is -0.123. The van der Waals surface area contributed by atoms with Crippen LogP contribution in [0, 0.1) is 20.8 Å². The predicted molar refractivity (Wildman–Crippen MR) is 102 cm³/mol. The molecule has 26 heavy (non-hydrogen) atoms. The van der Waals surface area contributed by atoms with Gasteiger partial charge in [0.2, 0.25) is 0 Å². The van der Waals surface area contributed by atoms with Crippen molar-refractivity contribution in [1.82, 2.24) is 5.32 Å². The fourth-order valence-electron chi connectivity index (χ4n) is 2.78. The highest BCUT2D eigenvalue weighted by Crippen LogP contribution is 2.32. The van der Waals surface area contributed by atoms with Crippen LogP contribution < -0.4 is 19.5 Å². The van der Waals surface area contributed by atoms with E-state index in [2.05, 4.69) is 5.32 Å². The number of carbonyl (C=O) groups is 1. The van der Waals surface area contributed by atoms with Crippen molar-refractivity contribution in [1.29, 1.82) is 0 Å². The summed E-state index contributed by atoms with van der Waals surface area (Å²) in [4.78, 5) is 12.2. The van der Waals surface area contributed by atoms with Gasteiger partial charge in [0, 0.05) is 0 Å². The fourth-order valence-corrected chi connectivity index (χ4v) is 2.78. The summed E-state index contributed by atoms with van der Waals surface area (Å²) in [6, 6.07) is 9.41. The molecule has 5 heteroatoms. The molecule has 0 fully saturated rings. The molecule has 0 aromatic heterocycles. The highest BCUT2D eigenvalue weighted by atomic mass is 16.5. The van der Waals surface area contributed by atoms with Crippen molar-refractivity contribution in [3.63, 3.8) is 0 Å². The van der Waals surface area contributed by atoms with E-state index in [-0.39, 0.29) is 18.6 Å². The zero-order valence-corrected chi connectivity index (χ0v) is 16.3. The maximum atomic E-state index is 12.2. The first-order valence-corrected chi connectivity index (χ1v) is 8.57. The number of hydrogen-bond donors (Lipinski definition) is 1. The van der Waals surface area contributed by atoms with Gasteiger partial charge in [0.15, 0.2) is 18.1 Å². The molecule has 0 saturated heterocycles. The summed E-state index contributed by atoms with van der Waals surface area (Å²) in [5.74, 6) is 1.83. The van der Waals surface area contributed by atoms with E-state index in [4.69, 9.17) is 14.2 Å². The van der Waals surface area contributed by atoms with Crippen molar-refractivity contribution >= 4 is 5.91 Å². The Hall–Kier alpha value is -2.69. The maximum Gasteiger partial charge on any atom is 0.258 e. The molecule has 1 unspecified atom stereocenters. The third-order valence-corrected chi connectivity index (χ3v) is 4.46. The van der Waals surface area contributed by atoms with Crippen molar-refractivity contribution < 1.29 is 19.0 Å². The van der Waals surface area contributed by atoms with Gasteiger partial charge in [-0.3, -0.25) is 4.79 Å². The molecule has 140 valence electrons. The number of ether oxygens (including phenoxy) is 3. The lowest BCUT2D eigenvalue weighted by atomic mass is 10.0. The van der Waals surface area contributed by atoms with Crippen molar-refractivity contribution in [2.45, 2.75) is 33.7 Å². The molecule has 0 aliphatic rings. The Kier molecular flexibility index (Phi) is 6.50. The summed E-state index contributed by atoms with van der Waals surface area (Å²) >= 11 is 0. The second-order valence-corrected chi connectivity index (χ2v) is 6.39. The third kappa shape index (κ3) is 4.69. The van der Waals surface area contributed by atoms with Gasteiger partial charge in [-0.25, -0.2) is 0 Å². The largest absolute Gasteiger partial charge is 0.493 e. The van der Waals surface area contributed by atoms with E-state index in [1.54, 1.807) is 14.2 Å². The first kappa shape index (κ1) is 19.6. The van der Waals surface area contributed by atoms with E-state index < -0.39 is 0 Å². The molecule has 0 radical (unpaired) electrons. The topological polar surface area (TPSA) is 56.8 Å². The standard InChI is InChI=1S/C21H27NO4/c1-13-7-8-17(9-14(13)2)26-12-21(23)22-16(4)18-11-20(25-6)19(24-5)10-15(18)3/h7-11,16H,12H2,1-6H3,(H,22,23). The molecule has 2 aromatic carbocycles. The van der Waals surface area contributed by atoms with E-state index in [0.29, 0.717) is 17.2 Å². The summed E-state index contributed by atoms with van der Waals surface area (Å²) in [6.07, 6.45) is 0. The number of amides is 1. The van der Waals surface area contributed by atoms with Crippen molar-refractivity contribution in [3.8, 4) is 17.2 Å². The first-order valence-electron chi connectivity index (χ1n) is 8.57. The van der Waals surface area contributed by atoms with E-state index in [9.17, 15) is 4.79 Å². The normalized spacial score (nSPS) is 11.6. The summed E-state index contributed by atoms with van der Waals surface area (Å²) in [6.45, 7) is 7.94. The molecule has 0 aliphatic carbocycles. The van der Waals surface area contributed by atoms with Gasteiger partial charge in [0.25, 0.3) is 5.91 Å². The minimum Gasteiger partial charge on any atom is -0.493 e. The fraction of sp³-hybridized carbons (Fsp3) is 0.381. The van der Waals surface area contributed by atoms with Crippen molar-refractivity contribution in [3.05, 3.63) is 52.6 Å². The first-order chi connectivity index (χ1) is 12.3. The van der Waals surface area contributed by atoms with Crippen LogP contribution in [-0.4, -0.2) is 26.7 Å². The summed E-state index contributed by atoms with van der Waals surface area (Å²) in [5.41, 5.74) is 4.32. The van der Waals surface area contributed by atoms with E-state index >= 15 is 0 Å². The Morgan fingerprint density at radius 2 is 1.62 bits per heavy atom. The second-order valence-electron chi connectivity index (χ2n) is 6.39. The zero-order chi connectivity index (χ0) is 19.3. The minimum absolute atomic E-state index is 0.0286. The van der Waals surface area contributed by atoms with Gasteiger partial charge in [-0.1, -0.05) is 6.07 Å². The Labute approximate surface area is 155 Å². The number of rotatable bonds is 7. The average molecular weight is 357 g/mol. The lowest BCUT2D eigenvalue weighted by Crippen LogP contribution is -2.31. The molecule has 0 aliphatic heterocycles. The van der Waals surface area contributed by atoms with E-state index in [0.717, 1.165) is 16.7 Å². The lowest BCUT2D eigenvalue weighted by Gasteiger charge is -2.19. The molecule has 0 heterocycles. The number of benzene rings is 2. The summed E-state index contributed by atoms with van der Waals surface area (Å²) < 4.78 is 16.3. The highest BCUT2D eigenvalue weighted by molar-refractivity contribution is 5.78. The molecule has 2 aromatic rings. The van der Waals surface area contributed by atoms with Crippen LogP contribution in [0.3, 0.4) is 0 Å². The SMILES string of the molecule is COc1cc(C)c(C(C)NC(=O)COc2ccc(C)c(C)c2)cc1OC. The zero-order valence-electron chi connectivity index (χ0n) is 16.3. The Morgan fingerprint density at radius 3 is 2.23 bits per heavy atom. The molecular weight excluding hydrogens is 330 g/mol. The molecule has 1 atom stereocenters. The molecule has 1 N–H and O–H groups in total. The van der Waals surface area contributed by atoms with Gasteiger partial charge >= 0.3 is 0 Å². The van der Waals surface area contributed by atoms with Gasteiger partial charge in [-0.05, 0) is 74.2 Å². The number of carbonyl (C=O) groups excluding carboxylic acids is 1. The Bertz CT molecular complexity index is 786. The minimum atomic E-state index is -0.176. The van der Waals surface area contributed by atoms with E-state index in [1.807, 2.05) is 58.0 Å². The maximum absolute atomic E-state index is 12.2. The van der Waals surface area contributed by atoms with Gasteiger partial charge in [-0.15, -0.1) is 0 Å². The second kappa shape index (κ2) is 8.61. The van der Waals surface area contributed by atoms with Gasteiger partial charge in [0.1, 0.15) is 5.75 Å². The number of hydrogen-bond acceptors (Lipinski definition) is 4. The third-order valence-electron chi connectivity index (χ3n) is 4.46. The monoisotopic (exact) mass is 357 g/mol. The van der Waals surface area contributed by atoms with Crippen LogP contribution in [0.5, 0.6) is 17.2 Å². The van der Waals surface area contributed by atoms with Gasteiger partial charge < -0.3 is 19.5 Å². The van der Waals surface area contributed by atoms with Crippen LogP contribution in [0.2, 0.25) is 0 Å². The Balaban J connectivity index is 2.01. The molecular formula is C21H27NO4. The average Bonchev–Trinajstić information content (AvgIpc) is 2.62. The van der Waals surface area contributed by atoms with Crippen molar-refractivity contribution in [2.75, 3.05) is 20.8 Å². The molecule has 0 bridgehead atoms. The van der Waals surface area contributed by atoms with Crippen LogP contribution in [0.25, 0.3) is 0 Å². The Morgan fingerprint density at radius 1 is 0.962 bits per heavy atom. The number of nitrogens with one attached hydrogen (secondary N) is 1. The molecule has 5 nitrogen and oxygen atoms in total. The van der Waals surface area contributed by atoms with Crippen LogP contribution >= 0.6 is 0 Å². The summed E-state index contributed by atoms with van der Waals surface area (Å²) in [7, 11) is 3.20. The number of aryl methyl sites for hydroxylation is 3. The van der Waals surface area contributed by atoms with Crippen LogP contribution in [-0.2, 0) is 4.79 Å². The van der Waals surface area contributed by atoms with Crippen LogP contribution in [0.15, 0.2) is 30.3 Å². The molecule has 2 rings (SSSR count). The highest BCUT2D eigenvalue weighted by Gasteiger charge is 2.16.